The molecular formula is C23H34N2O8. The maximum Gasteiger partial charge on any atom is 0.331 e. The third-order valence-corrected chi connectivity index (χ3v) is 5.09. The summed E-state index contributed by atoms with van der Waals surface area (Å²) in [5.74, 6) is -1.56. The lowest BCUT2D eigenvalue weighted by Gasteiger charge is -2.20. The fourth-order valence-corrected chi connectivity index (χ4v) is 3.43. The van der Waals surface area contributed by atoms with Crippen molar-refractivity contribution in [3.05, 3.63) is 18.0 Å². The Hall–Kier alpha value is -2.88. The minimum atomic E-state index is -1.01. The number of cyclic esters (lactones) is 1. The molecule has 0 aromatic carbocycles. The Balaban J connectivity index is 2.14. The molecule has 10 heteroatoms. The number of nitrogens with one attached hydrogen (secondary N) is 1. The molecule has 1 aliphatic rings. The number of rotatable bonds is 9. The zero-order chi connectivity index (χ0) is 24.4. The van der Waals surface area contributed by atoms with E-state index in [4.69, 9.17) is 23.7 Å². The van der Waals surface area contributed by atoms with E-state index in [-0.39, 0.29) is 41.7 Å². The van der Waals surface area contributed by atoms with Crippen LogP contribution in [0.25, 0.3) is 0 Å². The van der Waals surface area contributed by atoms with Crippen LogP contribution >= 0.6 is 0 Å². The fourth-order valence-electron chi connectivity index (χ4n) is 3.43. The van der Waals surface area contributed by atoms with Crippen molar-refractivity contribution >= 4 is 17.8 Å². The van der Waals surface area contributed by atoms with Crippen LogP contribution in [0.15, 0.2) is 12.3 Å². The molecule has 0 spiro atoms. The lowest BCUT2D eigenvalue weighted by Crippen LogP contribution is -2.45. The number of nitrogens with zero attached hydrogens (tertiary/aromatic N) is 1. The van der Waals surface area contributed by atoms with Gasteiger partial charge >= 0.3 is 11.9 Å². The third kappa shape index (κ3) is 7.88. The zero-order valence-electron chi connectivity index (χ0n) is 19.9. The van der Waals surface area contributed by atoms with Crippen LogP contribution in [-0.2, 0) is 23.8 Å². The van der Waals surface area contributed by atoms with Gasteiger partial charge in [0.2, 0.25) is 6.79 Å². The fraction of sp³-hybridized carbons (Fsp3) is 0.652. The van der Waals surface area contributed by atoms with Crippen LogP contribution in [0.3, 0.4) is 0 Å². The number of aromatic nitrogens is 1. The van der Waals surface area contributed by atoms with Gasteiger partial charge in [0, 0.05) is 18.9 Å². The lowest BCUT2D eigenvalue weighted by atomic mass is 9.98. The highest BCUT2D eigenvalue weighted by Gasteiger charge is 2.30. The van der Waals surface area contributed by atoms with E-state index in [1.54, 1.807) is 13.8 Å². The largest absolute Gasteiger partial charge is 0.493 e. The molecule has 0 aliphatic carbocycles. The molecule has 1 aliphatic heterocycles. The van der Waals surface area contributed by atoms with Crippen molar-refractivity contribution in [1.82, 2.24) is 10.3 Å². The summed E-state index contributed by atoms with van der Waals surface area (Å²) in [7, 11) is 1.40. The number of amides is 1. The Kier molecular flexibility index (Phi) is 10.4. The number of carbonyl (C=O) groups excluding carboxylic acids is 3. The number of methoxy groups -OCH3 is 1. The predicted molar refractivity (Wildman–Crippen MR) is 118 cm³/mol. The average Bonchev–Trinajstić information content (AvgIpc) is 2.83. The SMILES string of the molecule is CCC[C@H]1COC[C@H](NC(=O)c2nccc(OC)c2OCOC(=O)C(C)C)C(=O)O[C@@H](C)C1. The van der Waals surface area contributed by atoms with Gasteiger partial charge in [0.15, 0.2) is 23.2 Å². The number of hydrogen-bond donors (Lipinski definition) is 1. The molecule has 0 unspecified atom stereocenters. The first-order chi connectivity index (χ1) is 15.8. The molecule has 2 rings (SSSR count). The van der Waals surface area contributed by atoms with E-state index in [1.165, 1.54) is 19.4 Å². The molecule has 184 valence electrons. The Labute approximate surface area is 194 Å². The highest BCUT2D eigenvalue weighted by molar-refractivity contribution is 5.98. The number of hydrogen-bond acceptors (Lipinski definition) is 9. The first kappa shape index (κ1) is 26.4. The van der Waals surface area contributed by atoms with Crippen molar-refractivity contribution in [2.45, 2.75) is 59.1 Å². The molecule has 1 amide bonds. The monoisotopic (exact) mass is 466 g/mol. The summed E-state index contributed by atoms with van der Waals surface area (Å²) in [5.41, 5.74) is -0.125. The van der Waals surface area contributed by atoms with Crippen molar-refractivity contribution in [3.8, 4) is 11.5 Å². The lowest BCUT2D eigenvalue weighted by molar-refractivity contribution is -0.154. The summed E-state index contributed by atoms with van der Waals surface area (Å²) in [6.45, 7) is 7.34. The van der Waals surface area contributed by atoms with Crippen LogP contribution in [-0.4, -0.2) is 62.1 Å². The molecule has 1 aromatic heterocycles. The molecule has 1 aromatic rings. The summed E-state index contributed by atoms with van der Waals surface area (Å²) in [6.07, 6.45) is 3.75. The van der Waals surface area contributed by atoms with E-state index in [1.807, 2.05) is 6.92 Å². The van der Waals surface area contributed by atoms with Gasteiger partial charge in [0.25, 0.3) is 5.91 Å². The molecule has 2 heterocycles. The van der Waals surface area contributed by atoms with E-state index in [0.29, 0.717) is 13.0 Å². The van der Waals surface area contributed by atoms with Crippen LogP contribution in [0, 0.1) is 11.8 Å². The minimum absolute atomic E-state index is 0.0113. The van der Waals surface area contributed by atoms with E-state index < -0.39 is 30.7 Å². The maximum absolute atomic E-state index is 13.0. The van der Waals surface area contributed by atoms with E-state index in [2.05, 4.69) is 17.2 Å². The van der Waals surface area contributed by atoms with Crippen LogP contribution in [0.4, 0.5) is 0 Å². The second-order valence-electron chi connectivity index (χ2n) is 8.27. The van der Waals surface area contributed by atoms with E-state index in [9.17, 15) is 14.4 Å². The predicted octanol–water partition coefficient (Wildman–Crippen LogP) is 2.49. The second-order valence-corrected chi connectivity index (χ2v) is 8.27. The van der Waals surface area contributed by atoms with Gasteiger partial charge in [-0.2, -0.15) is 0 Å². The van der Waals surface area contributed by atoms with Crippen LogP contribution in [0.1, 0.15) is 57.4 Å². The van der Waals surface area contributed by atoms with Gasteiger partial charge in [-0.05, 0) is 25.7 Å². The van der Waals surface area contributed by atoms with Gasteiger partial charge in [-0.3, -0.25) is 9.59 Å². The van der Waals surface area contributed by atoms with Gasteiger partial charge in [-0.1, -0.05) is 27.2 Å². The molecule has 3 atom stereocenters. The summed E-state index contributed by atoms with van der Waals surface area (Å²) in [6, 6.07) is 0.489. The molecule has 1 saturated heterocycles. The Morgan fingerprint density at radius 2 is 2.06 bits per heavy atom. The van der Waals surface area contributed by atoms with Gasteiger partial charge in [-0.15, -0.1) is 0 Å². The highest BCUT2D eigenvalue weighted by Crippen LogP contribution is 2.29. The van der Waals surface area contributed by atoms with Gasteiger partial charge in [0.05, 0.1) is 25.7 Å². The molecule has 1 N–H and O–H groups in total. The van der Waals surface area contributed by atoms with Crippen molar-refractivity contribution in [1.29, 1.82) is 0 Å². The molecule has 1 fully saturated rings. The molecule has 0 radical (unpaired) electrons. The summed E-state index contributed by atoms with van der Waals surface area (Å²) >= 11 is 0. The zero-order valence-corrected chi connectivity index (χ0v) is 19.9. The van der Waals surface area contributed by atoms with Crippen LogP contribution < -0.4 is 14.8 Å². The molecule has 0 bridgehead atoms. The van der Waals surface area contributed by atoms with E-state index >= 15 is 0 Å². The standard InChI is InChI=1S/C23H34N2O8/c1-6-7-16-10-15(4)33-23(28)17(12-30-11-16)25-21(26)19-20(18(29-5)8-9-24-19)31-13-32-22(27)14(2)3/h8-9,14-17H,6-7,10-13H2,1-5H3,(H,25,26)/t15-,16+,17-/m0/s1. The molecule has 0 saturated carbocycles. The van der Waals surface area contributed by atoms with Crippen molar-refractivity contribution < 1.29 is 38.1 Å². The molecular weight excluding hydrogens is 432 g/mol. The first-order valence-electron chi connectivity index (χ1n) is 11.2. The maximum atomic E-state index is 13.0. The Bertz CT molecular complexity index is 814. The number of carbonyl (C=O) groups is 3. The summed E-state index contributed by atoms with van der Waals surface area (Å²) in [4.78, 5) is 41.4. The van der Waals surface area contributed by atoms with Crippen LogP contribution in [0.5, 0.6) is 11.5 Å². The Morgan fingerprint density at radius 1 is 1.30 bits per heavy atom. The van der Waals surface area contributed by atoms with Crippen molar-refractivity contribution in [2.75, 3.05) is 27.1 Å². The molecule has 33 heavy (non-hydrogen) atoms. The topological polar surface area (TPSA) is 122 Å². The smallest absolute Gasteiger partial charge is 0.331 e. The van der Waals surface area contributed by atoms with Crippen molar-refractivity contribution in [3.63, 3.8) is 0 Å². The Morgan fingerprint density at radius 3 is 2.73 bits per heavy atom. The quantitative estimate of drug-likeness (QED) is 0.432. The molecule has 10 nitrogen and oxygen atoms in total. The number of esters is 2. The van der Waals surface area contributed by atoms with Gasteiger partial charge in [-0.25, -0.2) is 9.78 Å². The van der Waals surface area contributed by atoms with Crippen molar-refractivity contribution in [2.24, 2.45) is 11.8 Å². The first-order valence-corrected chi connectivity index (χ1v) is 11.2. The third-order valence-electron chi connectivity index (χ3n) is 5.09. The normalized spacial score (nSPS) is 21.3. The minimum Gasteiger partial charge on any atom is -0.493 e. The summed E-state index contributed by atoms with van der Waals surface area (Å²) < 4.78 is 27.0. The average molecular weight is 467 g/mol. The number of pyridine rings is 1. The van der Waals surface area contributed by atoms with Crippen LogP contribution in [0.2, 0.25) is 0 Å². The van der Waals surface area contributed by atoms with E-state index in [0.717, 1.165) is 12.8 Å². The summed E-state index contributed by atoms with van der Waals surface area (Å²) in [5, 5.41) is 2.61. The van der Waals surface area contributed by atoms with Gasteiger partial charge in [0.1, 0.15) is 0 Å². The number of ether oxygens (including phenoxy) is 5. The van der Waals surface area contributed by atoms with Gasteiger partial charge < -0.3 is 29.0 Å². The highest BCUT2D eigenvalue weighted by atomic mass is 16.7. The second kappa shape index (κ2) is 13.0.